The van der Waals surface area contributed by atoms with Crippen LogP contribution in [0.5, 0.6) is 0 Å². The van der Waals surface area contributed by atoms with Crippen molar-refractivity contribution >= 4 is 11.8 Å². The summed E-state index contributed by atoms with van der Waals surface area (Å²) < 4.78 is 0. The van der Waals surface area contributed by atoms with Gasteiger partial charge in [-0.1, -0.05) is 74.5 Å². The summed E-state index contributed by atoms with van der Waals surface area (Å²) >= 11 is 0. The molecule has 0 saturated carbocycles. The lowest BCUT2D eigenvalue weighted by molar-refractivity contribution is -0.151. The van der Waals surface area contributed by atoms with Crippen LogP contribution in [-0.2, 0) is 15.0 Å². The van der Waals surface area contributed by atoms with Gasteiger partial charge < -0.3 is 10.6 Å². The second-order valence-corrected chi connectivity index (χ2v) is 7.96. The van der Waals surface area contributed by atoms with Crippen LogP contribution in [0.25, 0.3) is 0 Å². The maximum Gasteiger partial charge on any atom is 0.246 e. The first-order valence-corrected chi connectivity index (χ1v) is 9.22. The maximum atomic E-state index is 13.0. The maximum absolute atomic E-state index is 13.0. The number of rotatable bonds is 4. The van der Waals surface area contributed by atoms with Crippen molar-refractivity contribution in [3.05, 3.63) is 71.8 Å². The Kier molecular flexibility index (Phi) is 3.87. The second-order valence-electron chi connectivity index (χ2n) is 7.96. The van der Waals surface area contributed by atoms with Crippen molar-refractivity contribution in [2.45, 2.75) is 43.7 Å². The molecule has 0 spiro atoms. The van der Waals surface area contributed by atoms with Crippen molar-refractivity contribution in [3.63, 3.8) is 0 Å². The number of hydrogen-bond donors (Lipinski definition) is 2. The van der Waals surface area contributed by atoms with E-state index in [0.29, 0.717) is 18.8 Å². The Morgan fingerprint density at radius 3 is 2.00 bits per heavy atom. The lowest BCUT2D eigenvalue weighted by atomic mass is 9.56. The standard InChI is InChI=1S/C22H24N2O2/c1-15(2)13-21-14-22(16-9-5-3-6-10-16,17-11-7-4-8-12-17)18(19(25)24-21)23-20(21)26/h3-12,15,18H,13-14H2,1-2H3,(H,23,26)(H,24,25)/t18-,21+/m1/s1. The summed E-state index contributed by atoms with van der Waals surface area (Å²) in [5.74, 6) is 0.141. The van der Waals surface area contributed by atoms with Gasteiger partial charge in [0.05, 0.1) is 5.41 Å². The molecule has 0 unspecified atom stereocenters. The van der Waals surface area contributed by atoms with Crippen LogP contribution in [0.2, 0.25) is 0 Å². The minimum Gasteiger partial charge on any atom is -0.341 e. The highest BCUT2D eigenvalue weighted by Gasteiger charge is 2.63. The third-order valence-electron chi connectivity index (χ3n) is 5.74. The van der Waals surface area contributed by atoms with Crippen molar-refractivity contribution in [1.29, 1.82) is 0 Å². The van der Waals surface area contributed by atoms with Crippen LogP contribution in [-0.4, -0.2) is 23.4 Å². The van der Waals surface area contributed by atoms with Crippen LogP contribution < -0.4 is 10.6 Å². The van der Waals surface area contributed by atoms with E-state index in [1.54, 1.807) is 0 Å². The highest BCUT2D eigenvalue weighted by Crippen LogP contribution is 2.49. The minimum absolute atomic E-state index is 0.0571. The molecule has 134 valence electrons. The summed E-state index contributed by atoms with van der Waals surface area (Å²) in [4.78, 5) is 25.9. The molecule has 4 nitrogen and oxygen atoms in total. The number of benzene rings is 2. The van der Waals surface area contributed by atoms with Gasteiger partial charge in [0.15, 0.2) is 0 Å². The summed E-state index contributed by atoms with van der Waals surface area (Å²) in [6.07, 6.45) is 1.20. The van der Waals surface area contributed by atoms with E-state index in [9.17, 15) is 9.59 Å². The monoisotopic (exact) mass is 348 g/mol. The van der Waals surface area contributed by atoms with Gasteiger partial charge >= 0.3 is 0 Å². The Morgan fingerprint density at radius 2 is 1.50 bits per heavy atom. The molecule has 3 saturated heterocycles. The van der Waals surface area contributed by atoms with Crippen molar-refractivity contribution in [3.8, 4) is 0 Å². The molecule has 0 aromatic heterocycles. The van der Waals surface area contributed by atoms with Crippen LogP contribution in [0.3, 0.4) is 0 Å². The van der Waals surface area contributed by atoms with E-state index in [0.717, 1.165) is 11.1 Å². The zero-order valence-electron chi connectivity index (χ0n) is 15.2. The molecule has 4 heteroatoms. The van der Waals surface area contributed by atoms with Gasteiger partial charge in [0.2, 0.25) is 11.8 Å². The Labute approximate surface area is 154 Å². The molecule has 3 heterocycles. The average Bonchev–Trinajstić information content (AvgIpc) is 2.64. The molecule has 5 rings (SSSR count). The SMILES string of the molecule is CC(C)C[C@]12CC(c3ccccc3)(c3ccccc3)[C@H](NC1=O)C(=O)N2. The molecule has 2 aromatic rings. The van der Waals surface area contributed by atoms with Crippen LogP contribution in [0, 0.1) is 5.92 Å². The summed E-state index contributed by atoms with van der Waals surface area (Å²) in [7, 11) is 0. The second kappa shape index (κ2) is 5.97. The molecule has 3 fully saturated rings. The van der Waals surface area contributed by atoms with Crippen molar-refractivity contribution < 1.29 is 9.59 Å². The summed E-state index contributed by atoms with van der Waals surface area (Å²) in [6, 6.07) is 19.6. The number of carbonyl (C=O) groups is 2. The molecule has 2 atom stereocenters. The third kappa shape index (κ3) is 2.36. The molecule has 3 aliphatic rings. The average molecular weight is 348 g/mol. The number of piperazine rings is 1. The molecule has 2 amide bonds. The zero-order chi connectivity index (χ0) is 18.4. The molecule has 2 aromatic carbocycles. The summed E-state index contributed by atoms with van der Waals surface area (Å²) in [5.41, 5.74) is 0.706. The van der Waals surface area contributed by atoms with Crippen molar-refractivity contribution in [2.75, 3.05) is 0 Å². The predicted molar refractivity (Wildman–Crippen MR) is 101 cm³/mol. The summed E-state index contributed by atoms with van der Waals surface area (Å²) in [6.45, 7) is 4.17. The Morgan fingerprint density at radius 1 is 0.962 bits per heavy atom. The van der Waals surface area contributed by atoms with Gasteiger partial charge in [-0.25, -0.2) is 0 Å². The predicted octanol–water partition coefficient (Wildman–Crippen LogP) is 2.78. The van der Waals surface area contributed by atoms with E-state index in [2.05, 4.69) is 48.7 Å². The van der Waals surface area contributed by atoms with E-state index in [1.807, 2.05) is 36.4 Å². The zero-order valence-corrected chi connectivity index (χ0v) is 15.2. The van der Waals surface area contributed by atoms with E-state index < -0.39 is 17.0 Å². The molecular formula is C22H24N2O2. The Hall–Kier alpha value is -2.62. The Balaban J connectivity index is 1.95. The van der Waals surface area contributed by atoms with Gasteiger partial charge in [-0.05, 0) is 29.9 Å². The van der Waals surface area contributed by atoms with Crippen molar-refractivity contribution in [1.82, 2.24) is 10.6 Å². The molecule has 3 aliphatic heterocycles. The van der Waals surface area contributed by atoms with E-state index >= 15 is 0 Å². The van der Waals surface area contributed by atoms with Gasteiger partial charge in [0, 0.05) is 0 Å². The first kappa shape index (κ1) is 16.8. The number of carbonyl (C=O) groups excluding carboxylic acids is 2. The molecule has 2 bridgehead atoms. The van der Waals surface area contributed by atoms with Crippen LogP contribution in [0.4, 0.5) is 0 Å². The van der Waals surface area contributed by atoms with Gasteiger partial charge in [0.25, 0.3) is 0 Å². The fraction of sp³-hybridized carbons (Fsp3) is 0.364. The van der Waals surface area contributed by atoms with E-state index in [4.69, 9.17) is 0 Å². The molecule has 0 radical (unpaired) electrons. The highest BCUT2D eigenvalue weighted by atomic mass is 16.2. The number of piperidine rings is 2. The quantitative estimate of drug-likeness (QED) is 0.893. The van der Waals surface area contributed by atoms with Crippen molar-refractivity contribution in [2.24, 2.45) is 5.92 Å². The van der Waals surface area contributed by atoms with Gasteiger partial charge in [0.1, 0.15) is 11.6 Å². The van der Waals surface area contributed by atoms with Gasteiger partial charge in [-0.3, -0.25) is 9.59 Å². The van der Waals surface area contributed by atoms with Crippen LogP contribution in [0.15, 0.2) is 60.7 Å². The van der Waals surface area contributed by atoms with Gasteiger partial charge in [-0.2, -0.15) is 0 Å². The fourth-order valence-electron chi connectivity index (χ4n) is 4.84. The number of hydrogen-bond acceptors (Lipinski definition) is 2. The first-order valence-electron chi connectivity index (χ1n) is 9.22. The smallest absolute Gasteiger partial charge is 0.246 e. The topological polar surface area (TPSA) is 58.2 Å². The lowest BCUT2D eigenvalue weighted by Gasteiger charge is -2.57. The molecule has 0 aliphatic carbocycles. The van der Waals surface area contributed by atoms with E-state index in [1.165, 1.54) is 0 Å². The lowest BCUT2D eigenvalue weighted by Crippen LogP contribution is -2.80. The van der Waals surface area contributed by atoms with Gasteiger partial charge in [-0.15, -0.1) is 0 Å². The Bertz CT molecular complexity index is 792. The normalized spacial score (nSPS) is 26.5. The summed E-state index contributed by atoms with van der Waals surface area (Å²) in [5, 5.41) is 6.10. The molecule has 2 N–H and O–H groups in total. The van der Waals surface area contributed by atoms with Crippen LogP contribution >= 0.6 is 0 Å². The minimum atomic E-state index is -0.869. The largest absolute Gasteiger partial charge is 0.341 e. The van der Waals surface area contributed by atoms with E-state index in [-0.39, 0.29) is 11.8 Å². The third-order valence-corrected chi connectivity index (χ3v) is 5.74. The first-order chi connectivity index (χ1) is 12.5. The highest BCUT2D eigenvalue weighted by molar-refractivity contribution is 6.03. The number of amides is 2. The number of nitrogens with one attached hydrogen (secondary N) is 2. The molecule has 26 heavy (non-hydrogen) atoms. The van der Waals surface area contributed by atoms with Crippen LogP contribution in [0.1, 0.15) is 37.8 Å². The number of fused-ring (bicyclic) bond motifs is 3. The fourth-order valence-corrected chi connectivity index (χ4v) is 4.84. The molecular weight excluding hydrogens is 324 g/mol.